The number of aliphatic hydroxyl groups excluding tert-OH is 1. The number of aryl methyl sites for hydroxylation is 1. The van der Waals surface area contributed by atoms with Crippen molar-refractivity contribution in [3.8, 4) is 11.1 Å². The van der Waals surface area contributed by atoms with Crippen LogP contribution in [0, 0.1) is 12.8 Å². The lowest BCUT2D eigenvalue weighted by molar-refractivity contribution is -0.0209. The van der Waals surface area contributed by atoms with Crippen LogP contribution in [0.5, 0.6) is 0 Å². The Balaban J connectivity index is 1.22. The minimum atomic E-state index is -0.917. The second-order valence-corrected chi connectivity index (χ2v) is 11.8. The first kappa shape index (κ1) is 28.0. The largest absolute Gasteiger partial charge is 0.478 e. The molecular weight excluding hydrogens is 498 g/mol. The van der Waals surface area contributed by atoms with E-state index < -0.39 is 12.1 Å². The van der Waals surface area contributed by atoms with Gasteiger partial charge >= 0.3 is 5.97 Å². The zero-order valence-corrected chi connectivity index (χ0v) is 23.6. The van der Waals surface area contributed by atoms with Crippen molar-refractivity contribution in [2.75, 3.05) is 13.2 Å². The molecule has 1 aliphatic rings. The van der Waals surface area contributed by atoms with Gasteiger partial charge in [0.2, 0.25) is 0 Å². The van der Waals surface area contributed by atoms with Crippen molar-refractivity contribution in [3.63, 3.8) is 0 Å². The summed E-state index contributed by atoms with van der Waals surface area (Å²) in [5.41, 5.74) is 5.23. The normalized spacial score (nSPS) is 15.2. The molecule has 4 aromatic carbocycles. The highest BCUT2D eigenvalue weighted by Gasteiger charge is 2.35. The van der Waals surface area contributed by atoms with Crippen molar-refractivity contribution in [3.05, 3.63) is 107 Å². The number of hydrogen-bond acceptors (Lipinski definition) is 4. The summed E-state index contributed by atoms with van der Waals surface area (Å²) in [6, 6.07) is 28.6. The van der Waals surface area contributed by atoms with Crippen LogP contribution in [0.25, 0.3) is 21.9 Å². The Morgan fingerprint density at radius 3 is 2.42 bits per heavy atom. The fourth-order valence-electron chi connectivity index (χ4n) is 5.55. The summed E-state index contributed by atoms with van der Waals surface area (Å²) < 4.78 is 6.42. The second-order valence-electron chi connectivity index (χ2n) is 11.8. The number of carbonyl (C=O) groups is 1. The molecule has 0 radical (unpaired) electrons. The molecule has 0 aliphatic heterocycles. The fraction of sp³-hybridized carbons (Fsp3) is 0.343. The second kappa shape index (κ2) is 11.9. The Hall–Kier alpha value is -3.51. The molecule has 1 saturated carbocycles. The highest BCUT2D eigenvalue weighted by atomic mass is 16.5. The summed E-state index contributed by atoms with van der Waals surface area (Å²) in [4.78, 5) is 11.5. The van der Waals surface area contributed by atoms with Gasteiger partial charge in [-0.05, 0) is 90.6 Å². The molecular formula is C35H39NO4. The topological polar surface area (TPSA) is 78.8 Å². The Morgan fingerprint density at radius 2 is 1.70 bits per heavy atom. The monoisotopic (exact) mass is 537 g/mol. The number of rotatable bonds is 12. The highest BCUT2D eigenvalue weighted by molar-refractivity contribution is 5.90. The summed E-state index contributed by atoms with van der Waals surface area (Å²) in [5, 5.41) is 26.3. The Labute approximate surface area is 236 Å². The zero-order valence-electron chi connectivity index (χ0n) is 23.6. The van der Waals surface area contributed by atoms with E-state index in [9.17, 15) is 15.0 Å². The minimum absolute atomic E-state index is 0.115. The van der Waals surface area contributed by atoms with Crippen molar-refractivity contribution in [1.82, 2.24) is 5.32 Å². The number of fused-ring (bicyclic) bond motifs is 1. The van der Waals surface area contributed by atoms with Crippen LogP contribution in [0.15, 0.2) is 84.9 Å². The van der Waals surface area contributed by atoms with Gasteiger partial charge in [-0.2, -0.15) is 0 Å². The summed E-state index contributed by atoms with van der Waals surface area (Å²) in [6.07, 6.45) is 2.30. The molecule has 0 unspecified atom stereocenters. The zero-order chi connectivity index (χ0) is 28.3. The molecule has 0 aromatic heterocycles. The molecule has 0 heterocycles. The number of β-amino-alcohol motifs (C(OH)–C–C–N with tert-alkyl or cyclic N) is 1. The number of nitrogens with one attached hydrogen (secondary N) is 1. The SMILES string of the molecule is Cc1cc(-c2ccccc2[C@H](OC[C@H](O)CNC(C)(C)Cc2ccc3ccccc3c2)C2CC2)ccc1C(=O)O. The predicted molar refractivity (Wildman–Crippen MR) is 161 cm³/mol. The van der Waals surface area contributed by atoms with Crippen LogP contribution in [0.1, 0.15) is 59.8 Å². The van der Waals surface area contributed by atoms with Gasteiger partial charge in [0.25, 0.3) is 0 Å². The molecule has 5 nitrogen and oxygen atoms in total. The van der Waals surface area contributed by atoms with E-state index in [2.05, 4.69) is 73.8 Å². The lowest BCUT2D eigenvalue weighted by atomic mass is 9.92. The average molecular weight is 538 g/mol. The van der Waals surface area contributed by atoms with Gasteiger partial charge in [0.05, 0.1) is 24.4 Å². The molecule has 2 atom stereocenters. The van der Waals surface area contributed by atoms with E-state index in [1.54, 1.807) is 6.07 Å². The minimum Gasteiger partial charge on any atom is -0.478 e. The molecule has 3 N–H and O–H groups in total. The number of carboxylic acid groups (broad SMARTS) is 1. The molecule has 4 aromatic rings. The van der Waals surface area contributed by atoms with Crippen LogP contribution in [0.4, 0.5) is 0 Å². The van der Waals surface area contributed by atoms with Crippen molar-refractivity contribution in [2.24, 2.45) is 5.92 Å². The molecule has 1 fully saturated rings. The quantitative estimate of drug-likeness (QED) is 0.182. The van der Waals surface area contributed by atoms with Gasteiger partial charge in [0.15, 0.2) is 0 Å². The third-order valence-electron chi connectivity index (χ3n) is 7.83. The lowest BCUT2D eigenvalue weighted by Gasteiger charge is -2.29. The average Bonchev–Trinajstić information content (AvgIpc) is 3.77. The van der Waals surface area contributed by atoms with Crippen molar-refractivity contribution in [1.29, 1.82) is 0 Å². The van der Waals surface area contributed by atoms with Gasteiger partial charge < -0.3 is 20.3 Å². The van der Waals surface area contributed by atoms with Crippen molar-refractivity contribution < 1.29 is 19.7 Å². The molecule has 5 rings (SSSR count). The van der Waals surface area contributed by atoms with Crippen molar-refractivity contribution in [2.45, 2.75) is 57.8 Å². The van der Waals surface area contributed by atoms with E-state index in [0.29, 0.717) is 18.0 Å². The van der Waals surface area contributed by atoms with Crippen LogP contribution in [-0.2, 0) is 11.2 Å². The van der Waals surface area contributed by atoms with E-state index >= 15 is 0 Å². The summed E-state index contributed by atoms with van der Waals surface area (Å²) in [5.74, 6) is -0.496. The molecule has 40 heavy (non-hydrogen) atoms. The molecule has 0 bridgehead atoms. The van der Waals surface area contributed by atoms with Gasteiger partial charge in [-0.1, -0.05) is 78.9 Å². The van der Waals surface area contributed by atoms with Gasteiger partial charge in [0.1, 0.15) is 0 Å². The summed E-state index contributed by atoms with van der Waals surface area (Å²) >= 11 is 0. The van der Waals surface area contributed by atoms with E-state index in [1.807, 2.05) is 31.2 Å². The number of aromatic carboxylic acids is 1. The number of benzene rings is 4. The molecule has 0 spiro atoms. The molecule has 5 heteroatoms. The highest BCUT2D eigenvalue weighted by Crippen LogP contribution is 2.46. The van der Waals surface area contributed by atoms with Crippen LogP contribution in [0.2, 0.25) is 0 Å². The van der Waals surface area contributed by atoms with Gasteiger partial charge in [0, 0.05) is 12.1 Å². The first-order valence-electron chi connectivity index (χ1n) is 14.2. The fourth-order valence-corrected chi connectivity index (χ4v) is 5.55. The summed E-state index contributed by atoms with van der Waals surface area (Å²) in [6.45, 7) is 6.84. The van der Waals surface area contributed by atoms with Crippen LogP contribution >= 0.6 is 0 Å². The number of carboxylic acids is 1. The molecule has 0 amide bonds. The first-order valence-corrected chi connectivity index (χ1v) is 14.2. The Bertz CT molecular complexity index is 1490. The lowest BCUT2D eigenvalue weighted by Crippen LogP contribution is -2.46. The third kappa shape index (κ3) is 6.79. The maximum Gasteiger partial charge on any atom is 0.335 e. The van der Waals surface area contributed by atoms with Gasteiger partial charge in [-0.3, -0.25) is 0 Å². The number of aliphatic hydroxyl groups is 1. The van der Waals surface area contributed by atoms with Crippen LogP contribution in [0.3, 0.4) is 0 Å². The van der Waals surface area contributed by atoms with Gasteiger partial charge in [-0.15, -0.1) is 0 Å². The molecule has 1 aliphatic carbocycles. The molecule has 208 valence electrons. The standard InChI is InChI=1S/C35H39NO4/c1-23-18-28(16-17-30(23)34(38)39)31-10-6-7-11-32(31)33(26-14-15-26)40-22-29(37)21-36-35(2,3)20-24-12-13-25-8-4-5-9-27(25)19-24/h4-13,16-19,26,29,33,36-37H,14-15,20-22H2,1-3H3,(H,38,39)/t29-,33-/m1/s1. The van der Waals surface area contributed by atoms with Crippen LogP contribution in [-0.4, -0.2) is 41.0 Å². The number of hydrogen-bond donors (Lipinski definition) is 3. The predicted octanol–water partition coefficient (Wildman–Crippen LogP) is 6.95. The Kier molecular flexibility index (Phi) is 8.36. The molecule has 0 saturated heterocycles. The van der Waals surface area contributed by atoms with E-state index in [-0.39, 0.29) is 18.2 Å². The number of ether oxygens (including phenoxy) is 1. The van der Waals surface area contributed by atoms with Crippen LogP contribution < -0.4 is 5.32 Å². The Morgan fingerprint density at radius 1 is 0.975 bits per heavy atom. The smallest absolute Gasteiger partial charge is 0.335 e. The maximum atomic E-state index is 11.5. The first-order chi connectivity index (χ1) is 19.2. The maximum absolute atomic E-state index is 11.5. The van der Waals surface area contributed by atoms with Gasteiger partial charge in [-0.25, -0.2) is 4.79 Å². The van der Waals surface area contributed by atoms with Crippen molar-refractivity contribution >= 4 is 16.7 Å². The van der Waals surface area contributed by atoms with E-state index in [4.69, 9.17) is 4.74 Å². The van der Waals surface area contributed by atoms with E-state index in [0.717, 1.165) is 41.5 Å². The summed E-state index contributed by atoms with van der Waals surface area (Å²) in [7, 11) is 0. The van der Waals surface area contributed by atoms with E-state index in [1.165, 1.54) is 16.3 Å². The third-order valence-corrected chi connectivity index (χ3v) is 7.83.